The van der Waals surface area contributed by atoms with Crippen molar-refractivity contribution in [1.82, 2.24) is 15.1 Å². The van der Waals surface area contributed by atoms with Gasteiger partial charge in [0.1, 0.15) is 17.1 Å². The Hall–Kier alpha value is -2.24. The van der Waals surface area contributed by atoms with Crippen LogP contribution in [0.5, 0.6) is 0 Å². The second-order valence-electron chi connectivity index (χ2n) is 5.96. The SMILES string of the molecule is Cc1ccc(-c2cc(C(=O)NC(C)C)n(-c3ccc(Cl)c(Cl)c3)n2)o1. The Labute approximate surface area is 155 Å². The van der Waals surface area contributed by atoms with E-state index in [1.54, 1.807) is 24.3 Å². The summed E-state index contributed by atoms with van der Waals surface area (Å²) in [5, 5.41) is 8.23. The number of furan rings is 1. The molecule has 0 aliphatic heterocycles. The van der Waals surface area contributed by atoms with Crippen LogP contribution in [0.2, 0.25) is 10.0 Å². The molecule has 0 spiro atoms. The maximum Gasteiger partial charge on any atom is 0.270 e. The van der Waals surface area contributed by atoms with Crippen molar-refractivity contribution in [2.45, 2.75) is 26.8 Å². The van der Waals surface area contributed by atoms with Crippen molar-refractivity contribution in [2.75, 3.05) is 0 Å². The lowest BCUT2D eigenvalue weighted by Gasteiger charge is -2.11. The molecule has 3 aromatic rings. The zero-order valence-corrected chi connectivity index (χ0v) is 15.5. The summed E-state index contributed by atoms with van der Waals surface area (Å²) in [5.41, 5.74) is 1.59. The smallest absolute Gasteiger partial charge is 0.270 e. The van der Waals surface area contributed by atoms with Crippen molar-refractivity contribution in [3.63, 3.8) is 0 Å². The molecule has 130 valence electrons. The number of hydrogen-bond acceptors (Lipinski definition) is 3. The number of amides is 1. The zero-order chi connectivity index (χ0) is 18.1. The highest BCUT2D eigenvalue weighted by molar-refractivity contribution is 6.42. The van der Waals surface area contributed by atoms with Gasteiger partial charge in [-0.1, -0.05) is 23.2 Å². The molecule has 0 fully saturated rings. The van der Waals surface area contributed by atoms with E-state index in [1.165, 1.54) is 4.68 Å². The molecule has 3 rings (SSSR count). The predicted octanol–water partition coefficient (Wildman–Crippen LogP) is 4.89. The lowest BCUT2D eigenvalue weighted by Crippen LogP contribution is -2.31. The van der Waals surface area contributed by atoms with Crippen molar-refractivity contribution in [3.8, 4) is 17.1 Å². The van der Waals surface area contributed by atoms with E-state index in [0.29, 0.717) is 32.9 Å². The van der Waals surface area contributed by atoms with Crippen LogP contribution in [0.25, 0.3) is 17.1 Å². The molecule has 0 saturated carbocycles. The summed E-state index contributed by atoms with van der Waals surface area (Å²) < 4.78 is 7.16. The van der Waals surface area contributed by atoms with Gasteiger partial charge in [-0.3, -0.25) is 4.79 Å². The molecule has 1 N–H and O–H groups in total. The van der Waals surface area contributed by atoms with Crippen LogP contribution in [0.1, 0.15) is 30.1 Å². The highest BCUT2D eigenvalue weighted by Gasteiger charge is 2.20. The van der Waals surface area contributed by atoms with Gasteiger partial charge < -0.3 is 9.73 Å². The molecule has 0 bridgehead atoms. The van der Waals surface area contributed by atoms with Crippen LogP contribution in [-0.2, 0) is 0 Å². The number of benzene rings is 1. The van der Waals surface area contributed by atoms with Crippen molar-refractivity contribution >= 4 is 29.1 Å². The summed E-state index contributed by atoms with van der Waals surface area (Å²) in [6.45, 7) is 5.65. The Bertz CT molecular complexity index is 928. The van der Waals surface area contributed by atoms with Gasteiger partial charge >= 0.3 is 0 Å². The van der Waals surface area contributed by atoms with E-state index in [2.05, 4.69) is 10.4 Å². The van der Waals surface area contributed by atoms with E-state index in [0.717, 1.165) is 5.76 Å². The third kappa shape index (κ3) is 3.72. The van der Waals surface area contributed by atoms with Crippen molar-refractivity contribution in [3.05, 3.63) is 57.9 Å². The van der Waals surface area contributed by atoms with Gasteiger partial charge in [-0.2, -0.15) is 5.10 Å². The summed E-state index contributed by atoms with van der Waals surface area (Å²) >= 11 is 12.1. The van der Waals surface area contributed by atoms with E-state index in [1.807, 2.05) is 32.9 Å². The van der Waals surface area contributed by atoms with Gasteiger partial charge in [-0.05, 0) is 51.1 Å². The molecule has 0 saturated heterocycles. The second-order valence-corrected chi connectivity index (χ2v) is 6.78. The number of aryl methyl sites for hydroxylation is 1. The molecule has 7 heteroatoms. The first-order chi connectivity index (χ1) is 11.8. The average molecular weight is 378 g/mol. The van der Waals surface area contributed by atoms with E-state index in [9.17, 15) is 4.79 Å². The van der Waals surface area contributed by atoms with Crippen LogP contribution in [0.4, 0.5) is 0 Å². The monoisotopic (exact) mass is 377 g/mol. The minimum atomic E-state index is -0.233. The second kappa shape index (κ2) is 6.94. The summed E-state index contributed by atoms with van der Waals surface area (Å²) in [4.78, 5) is 12.6. The number of nitrogens with one attached hydrogen (secondary N) is 1. The maximum absolute atomic E-state index is 12.6. The standard InChI is InChI=1S/C18H17Cl2N3O2/c1-10(2)21-18(24)16-9-15(17-7-4-11(3)25-17)22-23(16)12-5-6-13(19)14(20)8-12/h4-10H,1-3H3,(H,21,24). The highest BCUT2D eigenvalue weighted by atomic mass is 35.5. The number of rotatable bonds is 4. The minimum absolute atomic E-state index is 0.000960. The largest absolute Gasteiger partial charge is 0.460 e. The number of aromatic nitrogens is 2. The van der Waals surface area contributed by atoms with Crippen molar-refractivity contribution < 1.29 is 9.21 Å². The Morgan fingerprint density at radius 2 is 1.92 bits per heavy atom. The third-order valence-electron chi connectivity index (χ3n) is 3.50. The van der Waals surface area contributed by atoms with Gasteiger partial charge in [0.25, 0.3) is 5.91 Å². The summed E-state index contributed by atoms with van der Waals surface area (Å²) in [6.07, 6.45) is 0. The molecule has 1 amide bonds. The van der Waals surface area contributed by atoms with Crippen molar-refractivity contribution in [1.29, 1.82) is 0 Å². The van der Waals surface area contributed by atoms with Crippen molar-refractivity contribution in [2.24, 2.45) is 0 Å². The topological polar surface area (TPSA) is 60.1 Å². The first kappa shape index (κ1) is 17.6. The van der Waals surface area contributed by atoms with Crippen LogP contribution < -0.4 is 5.32 Å². The molecular weight excluding hydrogens is 361 g/mol. The maximum atomic E-state index is 12.6. The van der Waals surface area contributed by atoms with E-state index >= 15 is 0 Å². The highest BCUT2D eigenvalue weighted by Crippen LogP contribution is 2.27. The third-order valence-corrected chi connectivity index (χ3v) is 4.24. The number of carbonyl (C=O) groups excluding carboxylic acids is 1. The molecule has 0 radical (unpaired) electrons. The van der Waals surface area contributed by atoms with Crippen LogP contribution in [0.3, 0.4) is 0 Å². The Balaban J connectivity index is 2.12. The fourth-order valence-corrected chi connectivity index (χ4v) is 2.68. The van der Waals surface area contributed by atoms with Gasteiger partial charge in [0.2, 0.25) is 0 Å². The molecule has 5 nitrogen and oxygen atoms in total. The Morgan fingerprint density at radius 3 is 2.52 bits per heavy atom. The molecule has 1 aromatic carbocycles. The summed E-state index contributed by atoms with van der Waals surface area (Å²) in [6, 6.07) is 10.5. The molecule has 2 heterocycles. The van der Waals surface area contributed by atoms with Gasteiger partial charge in [-0.25, -0.2) is 4.68 Å². The van der Waals surface area contributed by atoms with E-state index in [-0.39, 0.29) is 11.9 Å². The van der Waals surface area contributed by atoms with Gasteiger partial charge in [0, 0.05) is 12.1 Å². The van der Waals surface area contributed by atoms with Crippen LogP contribution >= 0.6 is 23.2 Å². The van der Waals surface area contributed by atoms with Crippen LogP contribution in [0, 0.1) is 6.92 Å². The summed E-state index contributed by atoms with van der Waals surface area (Å²) in [7, 11) is 0. The molecule has 25 heavy (non-hydrogen) atoms. The van der Waals surface area contributed by atoms with Gasteiger partial charge in [-0.15, -0.1) is 0 Å². The zero-order valence-electron chi connectivity index (χ0n) is 14.0. The molecule has 0 unspecified atom stereocenters. The van der Waals surface area contributed by atoms with E-state index in [4.69, 9.17) is 27.6 Å². The average Bonchev–Trinajstić information content (AvgIpc) is 3.15. The lowest BCUT2D eigenvalue weighted by molar-refractivity contribution is 0.0935. The molecule has 0 atom stereocenters. The molecule has 0 aliphatic rings. The van der Waals surface area contributed by atoms with Gasteiger partial charge in [0.15, 0.2) is 5.76 Å². The fourth-order valence-electron chi connectivity index (χ4n) is 2.39. The molecule has 2 aromatic heterocycles. The fraction of sp³-hybridized carbons (Fsp3) is 0.222. The first-order valence-corrected chi connectivity index (χ1v) is 8.54. The number of halogens is 2. The lowest BCUT2D eigenvalue weighted by atomic mass is 10.2. The van der Waals surface area contributed by atoms with Gasteiger partial charge in [0.05, 0.1) is 15.7 Å². The quantitative estimate of drug-likeness (QED) is 0.704. The minimum Gasteiger partial charge on any atom is -0.460 e. The predicted molar refractivity (Wildman–Crippen MR) is 98.6 cm³/mol. The normalized spacial score (nSPS) is 11.1. The number of nitrogens with zero attached hydrogens (tertiary/aromatic N) is 2. The Kier molecular flexibility index (Phi) is 4.88. The number of hydrogen-bond donors (Lipinski definition) is 1. The van der Waals surface area contributed by atoms with E-state index < -0.39 is 0 Å². The molecular formula is C18H17Cl2N3O2. The first-order valence-electron chi connectivity index (χ1n) is 7.78. The van der Waals surface area contributed by atoms with Crippen LogP contribution in [-0.4, -0.2) is 21.7 Å². The molecule has 0 aliphatic carbocycles. The summed E-state index contributed by atoms with van der Waals surface area (Å²) in [5.74, 6) is 1.13. The van der Waals surface area contributed by atoms with Crippen LogP contribution in [0.15, 0.2) is 40.8 Å². The Morgan fingerprint density at radius 1 is 1.16 bits per heavy atom. The number of carbonyl (C=O) groups is 1.